The van der Waals surface area contributed by atoms with Gasteiger partial charge in [0.2, 0.25) is 0 Å². The first-order valence-electron chi connectivity index (χ1n) is 5.74. The molecular weight excluding hydrogens is 221 g/mol. The maximum Gasteiger partial charge on any atom is 0.165 e. The van der Waals surface area contributed by atoms with Gasteiger partial charge in [-0.05, 0) is 17.9 Å². The number of rotatable bonds is 6. The van der Waals surface area contributed by atoms with Crippen LogP contribution in [-0.4, -0.2) is 23.4 Å². The van der Waals surface area contributed by atoms with Crippen molar-refractivity contribution in [3.05, 3.63) is 29.6 Å². The molecule has 0 radical (unpaired) electrons. The molecule has 0 heterocycles. The predicted octanol–water partition coefficient (Wildman–Crippen LogP) is 2.03. The van der Waals surface area contributed by atoms with Crippen LogP contribution < -0.4 is 5.32 Å². The van der Waals surface area contributed by atoms with Crippen molar-refractivity contribution in [3.8, 4) is 5.75 Å². The van der Waals surface area contributed by atoms with Crippen LogP contribution >= 0.6 is 0 Å². The van der Waals surface area contributed by atoms with E-state index in [2.05, 4.69) is 5.32 Å². The average molecular weight is 241 g/mol. The van der Waals surface area contributed by atoms with Crippen molar-refractivity contribution in [3.63, 3.8) is 0 Å². The Morgan fingerprint density at radius 2 is 2.06 bits per heavy atom. The van der Waals surface area contributed by atoms with E-state index in [0.29, 0.717) is 25.1 Å². The Bertz CT molecular complexity index is 366. The molecule has 0 saturated carbocycles. The van der Waals surface area contributed by atoms with Gasteiger partial charge in [-0.15, -0.1) is 0 Å². The first-order chi connectivity index (χ1) is 7.96. The van der Waals surface area contributed by atoms with E-state index in [1.807, 2.05) is 13.8 Å². The van der Waals surface area contributed by atoms with Crippen molar-refractivity contribution in [1.29, 1.82) is 0 Å². The molecule has 0 unspecified atom stereocenters. The molecule has 0 fully saturated rings. The third-order valence-corrected chi connectivity index (χ3v) is 2.78. The van der Waals surface area contributed by atoms with E-state index in [-0.39, 0.29) is 17.8 Å². The van der Waals surface area contributed by atoms with Gasteiger partial charge in [-0.1, -0.05) is 26.0 Å². The second-order valence-electron chi connectivity index (χ2n) is 4.99. The summed E-state index contributed by atoms with van der Waals surface area (Å²) in [7, 11) is 0. The molecule has 3 nitrogen and oxygen atoms in total. The van der Waals surface area contributed by atoms with Gasteiger partial charge in [0, 0.05) is 25.3 Å². The zero-order valence-corrected chi connectivity index (χ0v) is 10.3. The topological polar surface area (TPSA) is 52.5 Å². The highest BCUT2D eigenvalue weighted by atomic mass is 19.1. The van der Waals surface area contributed by atoms with E-state index in [9.17, 15) is 9.50 Å². The van der Waals surface area contributed by atoms with E-state index in [0.717, 1.165) is 0 Å². The zero-order chi connectivity index (χ0) is 12.9. The SMILES string of the molecule is CC(C)(CCO)CNCc1cccc(F)c1O. The summed E-state index contributed by atoms with van der Waals surface area (Å²) in [6, 6.07) is 4.49. The largest absolute Gasteiger partial charge is 0.505 e. The maximum absolute atomic E-state index is 13.1. The molecule has 3 N–H and O–H groups in total. The molecule has 0 atom stereocenters. The predicted molar refractivity (Wildman–Crippen MR) is 65.3 cm³/mol. The van der Waals surface area contributed by atoms with Gasteiger partial charge in [0.15, 0.2) is 11.6 Å². The minimum atomic E-state index is -0.598. The summed E-state index contributed by atoms with van der Waals surface area (Å²) < 4.78 is 13.1. The van der Waals surface area contributed by atoms with Crippen molar-refractivity contribution in [2.24, 2.45) is 5.41 Å². The minimum Gasteiger partial charge on any atom is -0.505 e. The average Bonchev–Trinajstić information content (AvgIpc) is 2.24. The summed E-state index contributed by atoms with van der Waals surface area (Å²) in [5.41, 5.74) is 0.530. The molecule has 4 heteroatoms. The van der Waals surface area contributed by atoms with Gasteiger partial charge in [0.1, 0.15) is 0 Å². The highest BCUT2D eigenvalue weighted by Crippen LogP contribution is 2.22. The molecule has 0 aromatic heterocycles. The Kier molecular flexibility index (Phi) is 4.90. The van der Waals surface area contributed by atoms with Crippen LogP contribution in [0.5, 0.6) is 5.75 Å². The first-order valence-corrected chi connectivity index (χ1v) is 5.74. The lowest BCUT2D eigenvalue weighted by atomic mass is 9.90. The highest BCUT2D eigenvalue weighted by molar-refractivity contribution is 5.33. The molecule has 0 aliphatic carbocycles. The van der Waals surface area contributed by atoms with Gasteiger partial charge < -0.3 is 15.5 Å². The van der Waals surface area contributed by atoms with E-state index in [1.165, 1.54) is 6.07 Å². The van der Waals surface area contributed by atoms with Crippen LogP contribution in [0.25, 0.3) is 0 Å². The number of aliphatic hydroxyl groups is 1. The summed E-state index contributed by atoms with van der Waals surface area (Å²) in [5.74, 6) is -0.890. The number of phenols is 1. The number of nitrogens with one attached hydrogen (secondary N) is 1. The fourth-order valence-corrected chi connectivity index (χ4v) is 1.63. The van der Waals surface area contributed by atoms with Gasteiger partial charge in [-0.25, -0.2) is 4.39 Å². The standard InChI is InChI=1S/C13H20FNO2/c1-13(2,6-7-16)9-15-8-10-4-3-5-11(14)12(10)17/h3-5,15-17H,6-9H2,1-2H3. The van der Waals surface area contributed by atoms with Crippen LogP contribution in [-0.2, 0) is 6.54 Å². The second-order valence-corrected chi connectivity index (χ2v) is 4.99. The quantitative estimate of drug-likeness (QED) is 0.714. The Balaban J connectivity index is 2.49. The maximum atomic E-state index is 13.1. The number of hydrogen-bond donors (Lipinski definition) is 3. The Hall–Kier alpha value is -1.13. The zero-order valence-electron chi connectivity index (χ0n) is 10.3. The van der Waals surface area contributed by atoms with Crippen LogP contribution in [0, 0.1) is 11.2 Å². The lowest BCUT2D eigenvalue weighted by Gasteiger charge is -2.24. The fraction of sp³-hybridized carbons (Fsp3) is 0.538. The van der Waals surface area contributed by atoms with Gasteiger partial charge in [0.05, 0.1) is 0 Å². The van der Waals surface area contributed by atoms with Crippen LogP contribution in [0.4, 0.5) is 4.39 Å². The third kappa shape index (κ3) is 4.32. The normalized spacial score (nSPS) is 11.8. The second kappa shape index (κ2) is 5.98. The van der Waals surface area contributed by atoms with E-state index >= 15 is 0 Å². The molecular formula is C13H20FNO2. The summed E-state index contributed by atoms with van der Waals surface area (Å²) >= 11 is 0. The first kappa shape index (κ1) is 13.9. The van der Waals surface area contributed by atoms with Crippen molar-refractivity contribution < 1.29 is 14.6 Å². The Morgan fingerprint density at radius 3 is 2.71 bits per heavy atom. The van der Waals surface area contributed by atoms with Crippen molar-refractivity contribution in [2.75, 3.05) is 13.2 Å². The molecule has 1 aromatic carbocycles. The number of benzene rings is 1. The molecule has 0 amide bonds. The molecule has 96 valence electrons. The molecule has 0 saturated heterocycles. The van der Waals surface area contributed by atoms with E-state index < -0.39 is 5.82 Å². The number of phenolic OH excluding ortho intramolecular Hbond substituents is 1. The van der Waals surface area contributed by atoms with Crippen LogP contribution in [0.3, 0.4) is 0 Å². The summed E-state index contributed by atoms with van der Waals surface area (Å²) in [5, 5.41) is 21.5. The van der Waals surface area contributed by atoms with Gasteiger partial charge in [0.25, 0.3) is 0 Å². The number of aliphatic hydroxyl groups excluding tert-OH is 1. The number of halogens is 1. The Labute approximate surface area is 101 Å². The highest BCUT2D eigenvalue weighted by Gasteiger charge is 2.16. The monoisotopic (exact) mass is 241 g/mol. The number of para-hydroxylation sites is 1. The number of aromatic hydroxyl groups is 1. The lowest BCUT2D eigenvalue weighted by molar-refractivity contribution is 0.207. The van der Waals surface area contributed by atoms with Gasteiger partial charge in [-0.3, -0.25) is 0 Å². The van der Waals surface area contributed by atoms with Gasteiger partial charge in [-0.2, -0.15) is 0 Å². The van der Waals surface area contributed by atoms with Gasteiger partial charge >= 0.3 is 0 Å². The van der Waals surface area contributed by atoms with Crippen molar-refractivity contribution in [2.45, 2.75) is 26.8 Å². The smallest absolute Gasteiger partial charge is 0.165 e. The molecule has 0 bridgehead atoms. The molecule has 17 heavy (non-hydrogen) atoms. The van der Waals surface area contributed by atoms with E-state index in [4.69, 9.17) is 5.11 Å². The van der Waals surface area contributed by atoms with E-state index in [1.54, 1.807) is 12.1 Å². The summed E-state index contributed by atoms with van der Waals surface area (Å²) in [6.07, 6.45) is 0.704. The fourth-order valence-electron chi connectivity index (χ4n) is 1.63. The molecule has 0 aliphatic rings. The number of hydrogen-bond acceptors (Lipinski definition) is 3. The molecule has 1 rings (SSSR count). The lowest BCUT2D eigenvalue weighted by Crippen LogP contribution is -2.29. The molecule has 0 spiro atoms. The van der Waals surface area contributed by atoms with Crippen molar-refractivity contribution in [1.82, 2.24) is 5.32 Å². The minimum absolute atomic E-state index is 0.0162. The van der Waals surface area contributed by atoms with Crippen LogP contribution in [0.2, 0.25) is 0 Å². The van der Waals surface area contributed by atoms with Crippen LogP contribution in [0.1, 0.15) is 25.8 Å². The molecule has 0 aliphatic heterocycles. The Morgan fingerprint density at radius 1 is 1.35 bits per heavy atom. The van der Waals surface area contributed by atoms with Crippen LogP contribution in [0.15, 0.2) is 18.2 Å². The third-order valence-electron chi connectivity index (χ3n) is 2.78. The summed E-state index contributed by atoms with van der Waals surface area (Å²) in [4.78, 5) is 0. The summed E-state index contributed by atoms with van der Waals surface area (Å²) in [6.45, 7) is 5.35. The van der Waals surface area contributed by atoms with Crippen molar-refractivity contribution >= 4 is 0 Å². The molecule has 1 aromatic rings.